The van der Waals surface area contributed by atoms with Gasteiger partial charge in [0.05, 0.1) is 7.11 Å². The molecule has 1 aromatic rings. The number of benzene rings is 1. The number of aliphatic hydroxyl groups is 1. The van der Waals surface area contributed by atoms with E-state index in [1.807, 2.05) is 0 Å². The number of carbonyl (C=O) groups excluding carboxylic acids is 1. The third kappa shape index (κ3) is 6.45. The van der Waals surface area contributed by atoms with Crippen molar-refractivity contribution in [2.24, 2.45) is 0 Å². The fraction of sp³-hybridized carbons (Fsp3) is 0.588. The molecule has 0 spiro atoms. The first-order valence-electron chi connectivity index (χ1n) is 7.79. The Morgan fingerprint density at radius 3 is 2.73 bits per heavy atom. The maximum Gasteiger partial charge on any atom is 0.161 e. The summed E-state index contributed by atoms with van der Waals surface area (Å²) < 4.78 is 10.8. The zero-order chi connectivity index (χ0) is 16.4. The number of nitrogens with one attached hydrogen (secondary N) is 1. The van der Waals surface area contributed by atoms with E-state index < -0.39 is 6.10 Å². The Morgan fingerprint density at radius 2 is 2.09 bits per heavy atom. The molecule has 1 atom stereocenters. The third-order valence-electron chi connectivity index (χ3n) is 3.34. The average molecular weight is 309 g/mol. The Bertz CT molecular complexity index is 462. The van der Waals surface area contributed by atoms with Crippen LogP contribution in [0.25, 0.3) is 0 Å². The highest BCUT2D eigenvalue weighted by Crippen LogP contribution is 2.28. The number of hydrogen-bond acceptors (Lipinski definition) is 5. The summed E-state index contributed by atoms with van der Waals surface area (Å²) in [5.74, 6) is 0.995. The van der Waals surface area contributed by atoms with Crippen LogP contribution in [0.2, 0.25) is 0 Å². The molecule has 0 aliphatic carbocycles. The molecule has 0 amide bonds. The summed E-state index contributed by atoms with van der Waals surface area (Å²) in [5.41, 5.74) is 0.572. The van der Waals surface area contributed by atoms with Crippen LogP contribution < -0.4 is 14.8 Å². The molecule has 124 valence electrons. The lowest BCUT2D eigenvalue weighted by Gasteiger charge is -2.15. The van der Waals surface area contributed by atoms with Gasteiger partial charge in [-0.15, -0.1) is 0 Å². The number of methoxy groups -OCH3 is 1. The molecule has 0 radical (unpaired) electrons. The van der Waals surface area contributed by atoms with Crippen molar-refractivity contribution in [1.82, 2.24) is 5.32 Å². The fourth-order valence-corrected chi connectivity index (χ4v) is 2.02. The van der Waals surface area contributed by atoms with Gasteiger partial charge in [0.1, 0.15) is 12.7 Å². The lowest BCUT2D eigenvalue weighted by molar-refractivity contribution is 0.101. The SMILES string of the molecule is CCCCCNCC(O)COc1ccc(C(C)=O)cc1OC. The molecule has 0 fully saturated rings. The van der Waals surface area contributed by atoms with Gasteiger partial charge in [0.2, 0.25) is 0 Å². The van der Waals surface area contributed by atoms with E-state index in [0.717, 1.165) is 13.0 Å². The number of hydrogen-bond donors (Lipinski definition) is 2. The van der Waals surface area contributed by atoms with Crippen molar-refractivity contribution in [3.05, 3.63) is 23.8 Å². The van der Waals surface area contributed by atoms with Crippen molar-refractivity contribution in [1.29, 1.82) is 0 Å². The van der Waals surface area contributed by atoms with Crippen molar-refractivity contribution in [2.75, 3.05) is 26.8 Å². The van der Waals surface area contributed by atoms with E-state index in [1.165, 1.54) is 26.9 Å². The van der Waals surface area contributed by atoms with Crippen LogP contribution >= 0.6 is 0 Å². The van der Waals surface area contributed by atoms with E-state index in [9.17, 15) is 9.90 Å². The van der Waals surface area contributed by atoms with Gasteiger partial charge in [0.15, 0.2) is 17.3 Å². The highest BCUT2D eigenvalue weighted by atomic mass is 16.5. The first-order valence-corrected chi connectivity index (χ1v) is 7.79. The molecular formula is C17H27NO4. The van der Waals surface area contributed by atoms with Gasteiger partial charge in [-0.1, -0.05) is 19.8 Å². The minimum atomic E-state index is -0.584. The van der Waals surface area contributed by atoms with Gasteiger partial charge >= 0.3 is 0 Å². The topological polar surface area (TPSA) is 67.8 Å². The van der Waals surface area contributed by atoms with Gasteiger partial charge in [0, 0.05) is 12.1 Å². The van der Waals surface area contributed by atoms with E-state index in [-0.39, 0.29) is 12.4 Å². The van der Waals surface area contributed by atoms with Crippen LogP contribution in [0.5, 0.6) is 11.5 Å². The van der Waals surface area contributed by atoms with Crippen LogP contribution in [0.15, 0.2) is 18.2 Å². The number of Topliss-reactive ketones (excluding diaryl/α,β-unsaturated/α-hetero) is 1. The summed E-state index contributed by atoms with van der Waals surface area (Å²) in [6.45, 7) is 5.24. The van der Waals surface area contributed by atoms with Gasteiger partial charge in [-0.05, 0) is 38.1 Å². The van der Waals surface area contributed by atoms with Crippen LogP contribution in [-0.4, -0.2) is 43.8 Å². The molecule has 0 heterocycles. The first kappa shape index (κ1) is 18.5. The highest BCUT2D eigenvalue weighted by molar-refractivity contribution is 5.94. The molecule has 1 rings (SSSR count). The molecule has 0 aliphatic heterocycles. The van der Waals surface area contributed by atoms with Gasteiger partial charge in [0.25, 0.3) is 0 Å². The zero-order valence-electron chi connectivity index (χ0n) is 13.7. The molecular weight excluding hydrogens is 282 g/mol. The third-order valence-corrected chi connectivity index (χ3v) is 3.34. The van der Waals surface area contributed by atoms with Crippen molar-refractivity contribution in [2.45, 2.75) is 39.2 Å². The average Bonchev–Trinajstić information content (AvgIpc) is 2.52. The van der Waals surface area contributed by atoms with Crippen molar-refractivity contribution >= 4 is 5.78 Å². The Kier molecular flexibility index (Phi) is 8.55. The molecule has 0 aromatic heterocycles. The zero-order valence-corrected chi connectivity index (χ0v) is 13.7. The summed E-state index contributed by atoms with van der Waals surface area (Å²) in [7, 11) is 1.53. The summed E-state index contributed by atoms with van der Waals surface area (Å²) in [4.78, 5) is 11.3. The smallest absolute Gasteiger partial charge is 0.161 e. The van der Waals surface area contributed by atoms with Gasteiger partial charge < -0.3 is 19.9 Å². The van der Waals surface area contributed by atoms with Crippen LogP contribution in [0.1, 0.15) is 43.5 Å². The van der Waals surface area contributed by atoms with E-state index in [4.69, 9.17) is 9.47 Å². The van der Waals surface area contributed by atoms with E-state index in [2.05, 4.69) is 12.2 Å². The lowest BCUT2D eigenvalue weighted by atomic mass is 10.1. The predicted molar refractivity (Wildman–Crippen MR) is 86.9 cm³/mol. The van der Waals surface area contributed by atoms with Gasteiger partial charge in [-0.25, -0.2) is 0 Å². The molecule has 0 saturated carbocycles. The molecule has 22 heavy (non-hydrogen) atoms. The lowest BCUT2D eigenvalue weighted by Crippen LogP contribution is -2.32. The second-order valence-electron chi connectivity index (χ2n) is 5.30. The van der Waals surface area contributed by atoms with Crippen molar-refractivity contribution in [3.8, 4) is 11.5 Å². The van der Waals surface area contributed by atoms with E-state index >= 15 is 0 Å². The number of rotatable bonds is 11. The minimum absolute atomic E-state index is 0.0267. The maximum absolute atomic E-state index is 11.3. The summed E-state index contributed by atoms with van der Waals surface area (Å²) in [6, 6.07) is 5.03. The molecule has 0 aliphatic rings. The summed E-state index contributed by atoms with van der Waals surface area (Å²) in [5, 5.41) is 13.1. The van der Waals surface area contributed by atoms with Crippen LogP contribution in [0.3, 0.4) is 0 Å². The predicted octanol–water partition coefficient (Wildman–Crippen LogP) is 2.42. The van der Waals surface area contributed by atoms with Crippen LogP contribution in [0, 0.1) is 0 Å². The molecule has 5 nitrogen and oxygen atoms in total. The summed E-state index contributed by atoms with van der Waals surface area (Å²) in [6.07, 6.45) is 2.91. The molecule has 1 aromatic carbocycles. The largest absolute Gasteiger partial charge is 0.493 e. The second kappa shape index (κ2) is 10.2. The number of carbonyl (C=O) groups is 1. The first-order chi connectivity index (χ1) is 10.6. The molecule has 5 heteroatoms. The van der Waals surface area contributed by atoms with Gasteiger partial charge in [-0.3, -0.25) is 4.79 Å². The van der Waals surface area contributed by atoms with E-state index in [1.54, 1.807) is 18.2 Å². The molecule has 2 N–H and O–H groups in total. The fourth-order valence-electron chi connectivity index (χ4n) is 2.02. The van der Waals surface area contributed by atoms with Crippen LogP contribution in [0.4, 0.5) is 0 Å². The normalized spacial score (nSPS) is 12.0. The molecule has 0 bridgehead atoms. The summed E-state index contributed by atoms with van der Waals surface area (Å²) >= 11 is 0. The van der Waals surface area contributed by atoms with Crippen molar-refractivity contribution in [3.63, 3.8) is 0 Å². The van der Waals surface area contributed by atoms with Crippen LogP contribution in [-0.2, 0) is 0 Å². The quantitative estimate of drug-likeness (QED) is 0.485. The number of aliphatic hydroxyl groups excluding tert-OH is 1. The monoisotopic (exact) mass is 309 g/mol. The molecule has 1 unspecified atom stereocenters. The molecule has 0 saturated heterocycles. The Balaban J connectivity index is 2.41. The Hall–Kier alpha value is -1.59. The maximum atomic E-state index is 11.3. The Labute approximate surface area is 132 Å². The number of ketones is 1. The Morgan fingerprint density at radius 1 is 1.32 bits per heavy atom. The second-order valence-corrected chi connectivity index (χ2v) is 5.30. The standard InChI is InChI=1S/C17H27NO4/c1-4-5-6-9-18-11-15(20)12-22-16-8-7-14(13(2)19)10-17(16)21-3/h7-8,10,15,18,20H,4-6,9,11-12H2,1-3H3. The highest BCUT2D eigenvalue weighted by Gasteiger charge is 2.10. The van der Waals surface area contributed by atoms with Crippen molar-refractivity contribution < 1.29 is 19.4 Å². The minimum Gasteiger partial charge on any atom is -0.493 e. The van der Waals surface area contributed by atoms with Gasteiger partial charge in [-0.2, -0.15) is 0 Å². The number of ether oxygens (including phenoxy) is 2. The number of unbranched alkanes of at least 4 members (excludes halogenated alkanes) is 2. The van der Waals surface area contributed by atoms with E-state index in [0.29, 0.717) is 23.6 Å².